The van der Waals surface area contributed by atoms with E-state index in [2.05, 4.69) is 25.3 Å². The quantitative estimate of drug-likeness (QED) is 0.848. The van der Waals surface area contributed by atoms with Gasteiger partial charge in [0.15, 0.2) is 11.1 Å². The highest BCUT2D eigenvalue weighted by atomic mass is 79.9. The van der Waals surface area contributed by atoms with Gasteiger partial charge in [0.05, 0.1) is 12.1 Å². The topological polar surface area (TPSA) is 63.3 Å². The number of hydrogen-bond donors (Lipinski definition) is 1. The molecule has 0 atom stereocenters. The summed E-state index contributed by atoms with van der Waals surface area (Å²) in [6.07, 6.45) is 8.19. The number of aliphatic carboxylic acids is 1. The number of oxazole rings is 1. The Morgan fingerprint density at radius 3 is 2.24 bits per heavy atom. The smallest absolute Gasteiger partial charge is 0.306 e. The van der Waals surface area contributed by atoms with Crippen molar-refractivity contribution in [2.24, 2.45) is 5.92 Å². The molecule has 0 amide bonds. The zero-order valence-electron chi connectivity index (χ0n) is 10.4. The average molecular weight is 306 g/mol. The maximum atomic E-state index is 10.4. The van der Waals surface area contributed by atoms with E-state index in [0.717, 1.165) is 25.7 Å². The standard InChI is InChI=1S/C7H12O2.C3H2BrNO.C2H6/c8-7(9)6-4-2-1-3-5-6;4-3-1-5-2-6-3;1-2/h6H,1-5H2,(H,8,9);1-2H;1-2H3. The normalized spacial score (nSPS) is 15.0. The van der Waals surface area contributed by atoms with Crippen LogP contribution in [0.2, 0.25) is 0 Å². The van der Waals surface area contributed by atoms with E-state index in [-0.39, 0.29) is 5.92 Å². The van der Waals surface area contributed by atoms with Crippen LogP contribution in [0.3, 0.4) is 0 Å². The maximum absolute atomic E-state index is 10.4. The SMILES string of the molecule is Brc1cnco1.CC.O=C(O)C1CCCCC1. The van der Waals surface area contributed by atoms with E-state index in [1.54, 1.807) is 6.20 Å². The molecule has 1 fully saturated rings. The van der Waals surface area contributed by atoms with Gasteiger partial charge in [0.25, 0.3) is 0 Å². The summed E-state index contributed by atoms with van der Waals surface area (Å²) in [6.45, 7) is 4.00. The minimum Gasteiger partial charge on any atom is -0.481 e. The van der Waals surface area contributed by atoms with Gasteiger partial charge in [0.2, 0.25) is 0 Å². The fraction of sp³-hybridized carbons (Fsp3) is 0.667. The third-order valence-electron chi connectivity index (χ3n) is 2.36. The fourth-order valence-electron chi connectivity index (χ4n) is 1.55. The third kappa shape index (κ3) is 7.96. The molecular formula is C12H20BrNO3. The van der Waals surface area contributed by atoms with Gasteiger partial charge in [0, 0.05) is 0 Å². The lowest BCUT2D eigenvalue weighted by Gasteiger charge is -2.16. The minimum absolute atomic E-state index is 0.0289. The highest BCUT2D eigenvalue weighted by Gasteiger charge is 2.19. The molecule has 0 aliphatic heterocycles. The lowest BCUT2D eigenvalue weighted by atomic mass is 9.90. The molecule has 0 aromatic carbocycles. The molecule has 98 valence electrons. The summed E-state index contributed by atoms with van der Waals surface area (Å²) in [5.74, 6) is -0.631. The minimum atomic E-state index is -0.602. The van der Waals surface area contributed by atoms with E-state index in [1.165, 1.54) is 12.8 Å². The molecule has 5 heteroatoms. The van der Waals surface area contributed by atoms with Gasteiger partial charge in [-0.3, -0.25) is 4.79 Å². The average Bonchev–Trinajstić information content (AvgIpc) is 2.85. The Kier molecular flexibility index (Phi) is 9.81. The van der Waals surface area contributed by atoms with E-state index < -0.39 is 5.97 Å². The van der Waals surface area contributed by atoms with Crippen molar-refractivity contribution in [2.45, 2.75) is 46.0 Å². The van der Waals surface area contributed by atoms with Crippen molar-refractivity contribution in [1.82, 2.24) is 4.98 Å². The molecule has 1 heterocycles. The van der Waals surface area contributed by atoms with Crippen molar-refractivity contribution < 1.29 is 14.3 Å². The van der Waals surface area contributed by atoms with Crippen molar-refractivity contribution in [3.05, 3.63) is 17.3 Å². The number of hydrogen-bond acceptors (Lipinski definition) is 3. The van der Waals surface area contributed by atoms with Crippen LogP contribution >= 0.6 is 15.9 Å². The predicted octanol–water partition coefficient (Wildman–Crippen LogP) is 4.11. The Balaban J connectivity index is 0.000000278. The van der Waals surface area contributed by atoms with Crippen molar-refractivity contribution in [1.29, 1.82) is 0 Å². The molecule has 0 saturated heterocycles. The number of aromatic nitrogens is 1. The second kappa shape index (κ2) is 10.3. The molecule has 2 rings (SSSR count). The highest BCUT2D eigenvalue weighted by Crippen LogP contribution is 2.23. The largest absolute Gasteiger partial charge is 0.481 e. The van der Waals surface area contributed by atoms with Crippen LogP contribution in [0.1, 0.15) is 46.0 Å². The first-order chi connectivity index (χ1) is 8.20. The van der Waals surface area contributed by atoms with Crippen LogP contribution in [0.5, 0.6) is 0 Å². The lowest BCUT2D eigenvalue weighted by Crippen LogP contribution is -2.16. The molecule has 0 unspecified atom stereocenters. The van der Waals surface area contributed by atoms with Crippen LogP contribution in [0, 0.1) is 5.92 Å². The van der Waals surface area contributed by atoms with E-state index >= 15 is 0 Å². The Hall–Kier alpha value is -0.840. The van der Waals surface area contributed by atoms with E-state index in [4.69, 9.17) is 5.11 Å². The summed E-state index contributed by atoms with van der Waals surface area (Å²) in [6, 6.07) is 0. The molecular weight excluding hydrogens is 286 g/mol. The summed E-state index contributed by atoms with van der Waals surface area (Å²) in [5, 5.41) is 8.54. The zero-order valence-corrected chi connectivity index (χ0v) is 11.9. The van der Waals surface area contributed by atoms with Gasteiger partial charge in [-0.15, -0.1) is 0 Å². The molecule has 0 radical (unpaired) electrons. The second-order valence-electron chi connectivity index (χ2n) is 3.48. The van der Waals surface area contributed by atoms with E-state index in [1.807, 2.05) is 13.8 Å². The molecule has 17 heavy (non-hydrogen) atoms. The number of halogens is 1. The highest BCUT2D eigenvalue weighted by molar-refractivity contribution is 9.10. The molecule has 1 aromatic rings. The first kappa shape index (κ1) is 16.2. The Morgan fingerprint density at radius 2 is 2.00 bits per heavy atom. The van der Waals surface area contributed by atoms with Crippen LogP contribution in [0.15, 0.2) is 21.7 Å². The molecule has 1 saturated carbocycles. The number of carboxylic acids is 1. The number of rotatable bonds is 1. The van der Waals surface area contributed by atoms with Crippen LogP contribution in [0.4, 0.5) is 0 Å². The zero-order chi connectivity index (χ0) is 13.1. The first-order valence-electron chi connectivity index (χ1n) is 5.97. The van der Waals surface area contributed by atoms with Crippen LogP contribution < -0.4 is 0 Å². The van der Waals surface area contributed by atoms with Crippen molar-refractivity contribution in [3.63, 3.8) is 0 Å². The number of carbonyl (C=O) groups is 1. The van der Waals surface area contributed by atoms with Gasteiger partial charge in [-0.05, 0) is 28.8 Å². The number of nitrogens with zero attached hydrogens (tertiary/aromatic N) is 1. The molecule has 1 aromatic heterocycles. The molecule has 4 nitrogen and oxygen atoms in total. The Labute approximate surface area is 111 Å². The third-order valence-corrected chi connectivity index (χ3v) is 2.75. The summed E-state index contributed by atoms with van der Waals surface area (Å²) in [7, 11) is 0. The maximum Gasteiger partial charge on any atom is 0.306 e. The van der Waals surface area contributed by atoms with Gasteiger partial charge in [0.1, 0.15) is 0 Å². The first-order valence-corrected chi connectivity index (χ1v) is 6.76. The molecule has 0 spiro atoms. The predicted molar refractivity (Wildman–Crippen MR) is 69.8 cm³/mol. The summed E-state index contributed by atoms with van der Waals surface area (Å²) in [5.41, 5.74) is 0. The van der Waals surface area contributed by atoms with Crippen molar-refractivity contribution >= 4 is 21.9 Å². The summed E-state index contributed by atoms with van der Waals surface area (Å²) >= 11 is 3.05. The van der Waals surface area contributed by atoms with Gasteiger partial charge in [-0.25, -0.2) is 4.98 Å². The van der Waals surface area contributed by atoms with Crippen LogP contribution in [0.25, 0.3) is 0 Å². The lowest BCUT2D eigenvalue weighted by molar-refractivity contribution is -0.142. The number of carboxylic acid groups (broad SMARTS) is 1. The van der Waals surface area contributed by atoms with E-state index in [9.17, 15) is 4.79 Å². The molecule has 1 aliphatic rings. The van der Waals surface area contributed by atoms with Gasteiger partial charge < -0.3 is 9.52 Å². The summed E-state index contributed by atoms with van der Waals surface area (Å²) < 4.78 is 5.31. The molecule has 1 N–H and O–H groups in total. The van der Waals surface area contributed by atoms with Crippen LogP contribution in [-0.4, -0.2) is 16.1 Å². The van der Waals surface area contributed by atoms with Crippen molar-refractivity contribution in [3.8, 4) is 0 Å². The van der Waals surface area contributed by atoms with Crippen molar-refractivity contribution in [2.75, 3.05) is 0 Å². The summed E-state index contributed by atoms with van der Waals surface area (Å²) in [4.78, 5) is 14.0. The van der Waals surface area contributed by atoms with Gasteiger partial charge in [-0.1, -0.05) is 33.1 Å². The molecule has 1 aliphatic carbocycles. The van der Waals surface area contributed by atoms with Gasteiger partial charge in [-0.2, -0.15) is 0 Å². The van der Waals surface area contributed by atoms with Gasteiger partial charge >= 0.3 is 5.97 Å². The van der Waals surface area contributed by atoms with Crippen LogP contribution in [-0.2, 0) is 4.79 Å². The fourth-order valence-corrected chi connectivity index (χ4v) is 1.75. The Morgan fingerprint density at radius 1 is 1.41 bits per heavy atom. The second-order valence-corrected chi connectivity index (χ2v) is 4.26. The molecule has 0 bridgehead atoms. The van der Waals surface area contributed by atoms with E-state index in [0.29, 0.717) is 4.67 Å². The Bertz CT molecular complexity index is 282. The monoisotopic (exact) mass is 305 g/mol.